The summed E-state index contributed by atoms with van der Waals surface area (Å²) in [4.78, 5) is 17.5. The topological polar surface area (TPSA) is 80.8 Å². The molecule has 0 saturated heterocycles. The Balaban J connectivity index is 2.03. The van der Waals surface area contributed by atoms with Gasteiger partial charge in [-0.3, -0.25) is 4.79 Å². The van der Waals surface area contributed by atoms with Gasteiger partial charge in [0.2, 0.25) is 5.75 Å². The number of Topliss-reactive ketones (excluding diaryl/α,β-unsaturated/α-hetero) is 1. The molecule has 0 radical (unpaired) electrons. The highest BCUT2D eigenvalue weighted by atomic mass is 32.2. The first-order valence-electron chi connectivity index (χ1n) is 10.4. The number of carbonyl (C=O) groups is 1. The fraction of sp³-hybridized carbons (Fsp3) is 0.320. The van der Waals surface area contributed by atoms with E-state index in [0.29, 0.717) is 34.1 Å². The Kier molecular flexibility index (Phi) is 8.25. The summed E-state index contributed by atoms with van der Waals surface area (Å²) in [5.41, 5.74) is 3.60. The number of aromatic amines is 1. The number of ether oxygens (including phenoxy) is 3. The fourth-order valence-electron chi connectivity index (χ4n) is 3.45. The van der Waals surface area contributed by atoms with Crippen molar-refractivity contribution in [2.24, 2.45) is 0 Å². The van der Waals surface area contributed by atoms with E-state index in [1.807, 2.05) is 19.2 Å². The predicted molar refractivity (Wildman–Crippen MR) is 130 cm³/mol. The van der Waals surface area contributed by atoms with E-state index in [1.165, 1.54) is 38.7 Å². The molecule has 1 aromatic heterocycles. The lowest BCUT2D eigenvalue weighted by Crippen LogP contribution is -2.05. The van der Waals surface area contributed by atoms with Crippen LogP contribution in [0.25, 0.3) is 17.0 Å². The van der Waals surface area contributed by atoms with Crippen LogP contribution in [-0.4, -0.2) is 49.6 Å². The molecule has 0 atom stereocenters. The van der Waals surface area contributed by atoms with Gasteiger partial charge in [-0.2, -0.15) is 0 Å². The molecule has 0 unspecified atom stereocenters. The summed E-state index contributed by atoms with van der Waals surface area (Å²) in [5, 5.41) is 10.2. The monoisotopic (exact) mass is 455 g/mol. The Morgan fingerprint density at radius 3 is 2.41 bits per heavy atom. The Hall–Kier alpha value is -2.90. The molecule has 0 aliphatic heterocycles. The van der Waals surface area contributed by atoms with Gasteiger partial charge in [0.05, 0.1) is 26.2 Å². The van der Waals surface area contributed by atoms with Crippen molar-refractivity contribution in [3.8, 4) is 17.2 Å². The number of rotatable bonds is 11. The number of aliphatic hydroxyl groups excluding tert-OH is 1. The second kappa shape index (κ2) is 11.1. The summed E-state index contributed by atoms with van der Waals surface area (Å²) in [5.74, 6) is 1.91. The quantitative estimate of drug-likeness (QED) is 0.234. The van der Waals surface area contributed by atoms with Gasteiger partial charge in [-0.25, -0.2) is 0 Å². The van der Waals surface area contributed by atoms with E-state index in [2.05, 4.69) is 23.2 Å². The maximum Gasteiger partial charge on any atom is 0.203 e. The van der Waals surface area contributed by atoms with Crippen molar-refractivity contribution in [1.29, 1.82) is 0 Å². The summed E-state index contributed by atoms with van der Waals surface area (Å²) in [6.07, 6.45) is 5.35. The first-order valence-corrected chi connectivity index (χ1v) is 11.4. The molecule has 32 heavy (non-hydrogen) atoms. The number of nitrogens with one attached hydrogen (secondary N) is 1. The first kappa shape index (κ1) is 23.8. The van der Waals surface area contributed by atoms with Gasteiger partial charge in [0.1, 0.15) is 0 Å². The van der Waals surface area contributed by atoms with Gasteiger partial charge in [0.15, 0.2) is 17.3 Å². The van der Waals surface area contributed by atoms with Crippen molar-refractivity contribution in [3.63, 3.8) is 0 Å². The Bertz CT molecular complexity index is 1090. The van der Waals surface area contributed by atoms with E-state index in [9.17, 15) is 4.79 Å². The molecule has 0 bridgehead atoms. The molecule has 3 rings (SSSR count). The molecule has 0 saturated carbocycles. The first-order chi connectivity index (χ1) is 15.5. The van der Waals surface area contributed by atoms with E-state index >= 15 is 0 Å². The maximum absolute atomic E-state index is 13.6. The molecule has 0 amide bonds. The molecule has 0 aliphatic carbocycles. The summed E-state index contributed by atoms with van der Waals surface area (Å²) in [6.45, 7) is 2.19. The lowest BCUT2D eigenvalue weighted by atomic mass is 10.1. The van der Waals surface area contributed by atoms with Crippen molar-refractivity contribution in [2.75, 3.05) is 33.7 Å². The van der Waals surface area contributed by atoms with Crippen molar-refractivity contribution in [3.05, 3.63) is 58.1 Å². The van der Waals surface area contributed by atoms with Crippen LogP contribution in [0, 0.1) is 6.92 Å². The molecule has 1 heterocycles. The van der Waals surface area contributed by atoms with E-state index in [4.69, 9.17) is 19.3 Å². The average Bonchev–Trinajstić information content (AvgIpc) is 3.20. The second-order valence-electron chi connectivity index (χ2n) is 7.32. The van der Waals surface area contributed by atoms with Crippen LogP contribution in [0.1, 0.15) is 34.3 Å². The third kappa shape index (κ3) is 5.29. The minimum absolute atomic E-state index is 0.125. The van der Waals surface area contributed by atoms with Crippen LogP contribution in [0.15, 0.2) is 41.4 Å². The summed E-state index contributed by atoms with van der Waals surface area (Å²) < 4.78 is 16.2. The van der Waals surface area contributed by atoms with E-state index in [1.54, 1.807) is 12.1 Å². The van der Waals surface area contributed by atoms with Crippen LogP contribution < -0.4 is 14.2 Å². The highest BCUT2D eigenvalue weighted by Gasteiger charge is 2.20. The molecule has 2 aromatic carbocycles. The summed E-state index contributed by atoms with van der Waals surface area (Å²) in [7, 11) is 4.59. The lowest BCUT2D eigenvalue weighted by molar-refractivity contribution is 0.104. The molecule has 0 fully saturated rings. The summed E-state index contributed by atoms with van der Waals surface area (Å²) >= 11 is 1.48. The number of hydrogen-bond acceptors (Lipinski definition) is 6. The number of allylic oxidation sites excluding steroid dienone is 1. The molecular formula is C25H29NO5S. The molecule has 0 aliphatic rings. The molecule has 6 nitrogen and oxygen atoms in total. The molecule has 170 valence electrons. The third-order valence-corrected chi connectivity index (χ3v) is 6.22. The molecule has 2 N–H and O–H groups in total. The number of thioether (sulfide) groups is 1. The lowest BCUT2D eigenvalue weighted by Gasteiger charge is -2.14. The molecular weight excluding hydrogens is 426 g/mol. The average molecular weight is 456 g/mol. The molecule has 3 aromatic rings. The standard InChI is InChI=1S/C25H29NO5S/c1-16-7-8-19-18(15-26-20(19)11-16)14-23(32-10-6-5-9-27)24(28)17-12-21(29-2)25(31-4)22(13-17)30-3/h7-8,11-15,26-27H,5-6,9-10H2,1-4H3/b23-14-. The normalized spacial score (nSPS) is 11.6. The number of aryl methyl sites for hydroxylation is 1. The van der Waals surface area contributed by atoms with Gasteiger partial charge in [-0.1, -0.05) is 12.1 Å². The molecule has 0 spiro atoms. The van der Waals surface area contributed by atoms with Gasteiger partial charge < -0.3 is 24.3 Å². The van der Waals surface area contributed by atoms with Crippen LogP contribution in [0.4, 0.5) is 0 Å². The van der Waals surface area contributed by atoms with Gasteiger partial charge in [-0.05, 0) is 55.4 Å². The predicted octanol–water partition coefficient (Wildman–Crippen LogP) is 5.23. The summed E-state index contributed by atoms with van der Waals surface area (Å²) in [6, 6.07) is 9.55. The zero-order chi connectivity index (χ0) is 23.1. The van der Waals surface area contributed by atoms with Crippen LogP contribution in [0.2, 0.25) is 0 Å². The highest BCUT2D eigenvalue weighted by Crippen LogP contribution is 2.39. The number of H-pyrrole nitrogens is 1. The zero-order valence-corrected chi connectivity index (χ0v) is 19.7. The number of methoxy groups -OCH3 is 3. The minimum Gasteiger partial charge on any atom is -0.493 e. The van der Waals surface area contributed by atoms with Crippen molar-refractivity contribution in [2.45, 2.75) is 19.8 Å². The Morgan fingerprint density at radius 1 is 1.06 bits per heavy atom. The number of aromatic nitrogens is 1. The smallest absolute Gasteiger partial charge is 0.203 e. The number of aliphatic hydroxyl groups is 1. The maximum atomic E-state index is 13.6. The van der Waals surface area contributed by atoms with E-state index < -0.39 is 0 Å². The number of benzene rings is 2. The van der Waals surface area contributed by atoms with Crippen LogP contribution >= 0.6 is 11.8 Å². The van der Waals surface area contributed by atoms with Gasteiger partial charge in [-0.15, -0.1) is 11.8 Å². The van der Waals surface area contributed by atoms with Crippen LogP contribution in [-0.2, 0) is 0 Å². The Morgan fingerprint density at radius 2 is 1.78 bits per heavy atom. The third-order valence-electron chi connectivity index (χ3n) is 5.12. The number of ketones is 1. The number of carbonyl (C=O) groups excluding carboxylic acids is 1. The largest absolute Gasteiger partial charge is 0.493 e. The van der Waals surface area contributed by atoms with Gasteiger partial charge >= 0.3 is 0 Å². The Labute approximate surface area is 192 Å². The van der Waals surface area contributed by atoms with Gasteiger partial charge in [0.25, 0.3) is 0 Å². The number of hydrogen-bond donors (Lipinski definition) is 2. The number of fused-ring (bicyclic) bond motifs is 1. The SMILES string of the molecule is COc1cc(C(=O)/C(=C/c2c[nH]c3cc(C)ccc23)SCCCCO)cc(OC)c1OC. The van der Waals surface area contributed by atoms with Crippen molar-refractivity contribution >= 4 is 34.5 Å². The zero-order valence-electron chi connectivity index (χ0n) is 18.9. The molecule has 7 heteroatoms. The van der Waals surface area contributed by atoms with Crippen molar-refractivity contribution in [1.82, 2.24) is 4.98 Å². The van der Waals surface area contributed by atoms with Gasteiger partial charge in [0, 0.05) is 34.8 Å². The highest BCUT2D eigenvalue weighted by molar-refractivity contribution is 8.04. The van der Waals surface area contributed by atoms with Crippen LogP contribution in [0.5, 0.6) is 17.2 Å². The van der Waals surface area contributed by atoms with Crippen LogP contribution in [0.3, 0.4) is 0 Å². The van der Waals surface area contributed by atoms with E-state index in [0.717, 1.165) is 28.6 Å². The minimum atomic E-state index is -0.125. The number of unbranched alkanes of at least 4 members (excludes halogenated alkanes) is 1. The fourth-order valence-corrected chi connectivity index (χ4v) is 4.47. The van der Waals surface area contributed by atoms with Crippen molar-refractivity contribution < 1.29 is 24.1 Å². The second-order valence-corrected chi connectivity index (χ2v) is 8.46. The van der Waals surface area contributed by atoms with E-state index in [-0.39, 0.29) is 12.4 Å².